The van der Waals surface area contributed by atoms with E-state index in [4.69, 9.17) is 0 Å². The standard InChI is InChI=1S/C17H20N6S/c1-11-6-20-17(22-11)14-8-18-13(7-19-14)15-4-3-5-23(15)9-16-12(2)21-10-24-16/h6-8,10,15H,3-5,9H2,1-2H3,(H,20,22)/t15-/m0/s1. The number of imidazole rings is 1. The van der Waals surface area contributed by atoms with Gasteiger partial charge in [-0.05, 0) is 33.2 Å². The summed E-state index contributed by atoms with van der Waals surface area (Å²) in [6.07, 6.45) is 7.86. The first-order valence-electron chi connectivity index (χ1n) is 8.17. The average Bonchev–Trinajstić information content (AvgIpc) is 3.31. The number of aromatic amines is 1. The summed E-state index contributed by atoms with van der Waals surface area (Å²) < 4.78 is 0. The predicted octanol–water partition coefficient (Wildman–Crippen LogP) is 3.28. The smallest absolute Gasteiger partial charge is 0.157 e. The first-order chi connectivity index (χ1) is 11.7. The van der Waals surface area contributed by atoms with Gasteiger partial charge in [0.15, 0.2) is 5.82 Å². The van der Waals surface area contributed by atoms with Crippen molar-refractivity contribution in [3.8, 4) is 11.5 Å². The summed E-state index contributed by atoms with van der Waals surface area (Å²) in [5.41, 5.74) is 5.92. The lowest BCUT2D eigenvalue weighted by molar-refractivity contribution is 0.245. The molecule has 3 aromatic heterocycles. The van der Waals surface area contributed by atoms with E-state index in [2.05, 4.69) is 36.7 Å². The average molecular weight is 340 g/mol. The highest BCUT2D eigenvalue weighted by atomic mass is 32.1. The molecule has 0 amide bonds. The fourth-order valence-electron chi connectivity index (χ4n) is 3.19. The van der Waals surface area contributed by atoms with Gasteiger partial charge in [-0.25, -0.2) is 15.0 Å². The monoisotopic (exact) mass is 340 g/mol. The zero-order valence-electron chi connectivity index (χ0n) is 13.9. The van der Waals surface area contributed by atoms with Crippen LogP contribution in [0, 0.1) is 13.8 Å². The number of hydrogen-bond acceptors (Lipinski definition) is 6. The number of H-pyrrole nitrogens is 1. The molecule has 0 aromatic carbocycles. The second-order valence-electron chi connectivity index (χ2n) is 6.23. The van der Waals surface area contributed by atoms with E-state index in [9.17, 15) is 0 Å². The van der Waals surface area contributed by atoms with Crippen LogP contribution in [0.5, 0.6) is 0 Å². The second-order valence-corrected chi connectivity index (χ2v) is 7.17. The molecule has 1 atom stereocenters. The summed E-state index contributed by atoms with van der Waals surface area (Å²) in [7, 11) is 0. The summed E-state index contributed by atoms with van der Waals surface area (Å²) in [6.45, 7) is 6.11. The van der Waals surface area contributed by atoms with Crippen molar-refractivity contribution in [2.45, 2.75) is 39.3 Å². The summed E-state index contributed by atoms with van der Waals surface area (Å²) in [4.78, 5) is 24.9. The van der Waals surface area contributed by atoms with Crippen molar-refractivity contribution in [2.24, 2.45) is 0 Å². The number of aromatic nitrogens is 5. The molecule has 0 radical (unpaired) electrons. The number of rotatable bonds is 4. The molecular weight excluding hydrogens is 320 g/mol. The quantitative estimate of drug-likeness (QED) is 0.789. The van der Waals surface area contributed by atoms with Crippen molar-refractivity contribution < 1.29 is 0 Å². The number of nitrogens with one attached hydrogen (secondary N) is 1. The van der Waals surface area contributed by atoms with Gasteiger partial charge in [0.05, 0.1) is 35.3 Å². The summed E-state index contributed by atoms with van der Waals surface area (Å²) in [5.74, 6) is 0.773. The minimum absolute atomic E-state index is 0.339. The van der Waals surface area contributed by atoms with E-state index in [1.54, 1.807) is 17.5 Å². The van der Waals surface area contributed by atoms with Gasteiger partial charge in [-0.15, -0.1) is 11.3 Å². The van der Waals surface area contributed by atoms with E-state index < -0.39 is 0 Å². The Hall–Kier alpha value is -2.12. The van der Waals surface area contributed by atoms with E-state index in [1.807, 2.05) is 24.8 Å². The maximum Gasteiger partial charge on any atom is 0.157 e. The van der Waals surface area contributed by atoms with Gasteiger partial charge in [-0.2, -0.15) is 0 Å². The van der Waals surface area contributed by atoms with Gasteiger partial charge in [0.25, 0.3) is 0 Å². The minimum Gasteiger partial charge on any atom is -0.341 e. The molecule has 4 rings (SSSR count). The number of thiazole rings is 1. The Morgan fingerprint density at radius 2 is 2.08 bits per heavy atom. The molecule has 1 aliphatic heterocycles. The molecule has 7 heteroatoms. The normalized spacial score (nSPS) is 18.3. The lowest BCUT2D eigenvalue weighted by atomic mass is 10.1. The first kappa shape index (κ1) is 15.4. The molecule has 1 aliphatic rings. The lowest BCUT2D eigenvalue weighted by Crippen LogP contribution is -2.23. The molecule has 1 fully saturated rings. The van der Waals surface area contributed by atoms with Crippen LogP contribution in [0.3, 0.4) is 0 Å². The van der Waals surface area contributed by atoms with Gasteiger partial charge >= 0.3 is 0 Å². The van der Waals surface area contributed by atoms with E-state index >= 15 is 0 Å². The van der Waals surface area contributed by atoms with Crippen molar-refractivity contribution in [3.63, 3.8) is 0 Å². The molecule has 0 saturated carbocycles. The van der Waals surface area contributed by atoms with Gasteiger partial charge in [0.1, 0.15) is 5.69 Å². The van der Waals surface area contributed by atoms with E-state index in [0.717, 1.165) is 48.1 Å². The Balaban J connectivity index is 1.53. The summed E-state index contributed by atoms with van der Waals surface area (Å²) in [6, 6.07) is 0.339. The third kappa shape index (κ3) is 2.97. The van der Waals surface area contributed by atoms with Crippen molar-refractivity contribution in [2.75, 3.05) is 6.54 Å². The minimum atomic E-state index is 0.339. The van der Waals surface area contributed by atoms with Crippen LogP contribution in [0.15, 0.2) is 24.1 Å². The maximum absolute atomic E-state index is 4.67. The molecule has 4 heterocycles. The van der Waals surface area contributed by atoms with Crippen LogP contribution in [0.2, 0.25) is 0 Å². The highest BCUT2D eigenvalue weighted by Gasteiger charge is 2.28. The van der Waals surface area contributed by atoms with Crippen molar-refractivity contribution in [1.82, 2.24) is 29.8 Å². The highest BCUT2D eigenvalue weighted by molar-refractivity contribution is 7.09. The SMILES string of the molecule is Cc1cnc(-c2cnc([C@@H]3CCCN3Cc3scnc3C)cn2)[nH]1. The molecule has 1 N–H and O–H groups in total. The zero-order chi connectivity index (χ0) is 16.5. The van der Waals surface area contributed by atoms with Crippen LogP contribution >= 0.6 is 11.3 Å². The Kier molecular flexibility index (Phi) is 4.12. The molecule has 6 nitrogen and oxygen atoms in total. The fraction of sp³-hybridized carbons (Fsp3) is 0.412. The van der Waals surface area contributed by atoms with Crippen LogP contribution in [0.25, 0.3) is 11.5 Å². The Bertz CT molecular complexity index is 822. The highest BCUT2D eigenvalue weighted by Crippen LogP contribution is 2.33. The maximum atomic E-state index is 4.67. The first-order valence-corrected chi connectivity index (χ1v) is 9.05. The number of likely N-dealkylation sites (tertiary alicyclic amines) is 1. The van der Waals surface area contributed by atoms with Gasteiger partial charge in [0.2, 0.25) is 0 Å². The Morgan fingerprint density at radius 1 is 1.17 bits per heavy atom. The van der Waals surface area contributed by atoms with E-state index in [1.165, 1.54) is 11.3 Å². The Labute approximate surface area is 145 Å². The summed E-state index contributed by atoms with van der Waals surface area (Å²) in [5, 5.41) is 0. The van der Waals surface area contributed by atoms with Crippen LogP contribution in [0.1, 0.15) is 40.8 Å². The van der Waals surface area contributed by atoms with Gasteiger partial charge in [-0.1, -0.05) is 0 Å². The van der Waals surface area contributed by atoms with E-state index in [0.29, 0.717) is 6.04 Å². The van der Waals surface area contributed by atoms with Crippen LogP contribution in [-0.4, -0.2) is 36.4 Å². The van der Waals surface area contributed by atoms with Crippen LogP contribution in [0.4, 0.5) is 0 Å². The largest absolute Gasteiger partial charge is 0.341 e. The van der Waals surface area contributed by atoms with Gasteiger partial charge in [0, 0.05) is 23.3 Å². The molecular formula is C17H20N6S. The molecule has 24 heavy (non-hydrogen) atoms. The molecule has 1 saturated heterocycles. The summed E-state index contributed by atoms with van der Waals surface area (Å²) >= 11 is 1.73. The predicted molar refractivity (Wildman–Crippen MR) is 93.6 cm³/mol. The molecule has 0 spiro atoms. The van der Waals surface area contributed by atoms with Gasteiger partial charge in [-0.3, -0.25) is 9.88 Å². The lowest BCUT2D eigenvalue weighted by Gasteiger charge is -2.23. The molecule has 0 aliphatic carbocycles. The number of nitrogens with zero attached hydrogens (tertiary/aromatic N) is 5. The van der Waals surface area contributed by atoms with E-state index in [-0.39, 0.29) is 0 Å². The topological polar surface area (TPSA) is 70.6 Å². The second kappa shape index (κ2) is 6.41. The Morgan fingerprint density at radius 3 is 2.75 bits per heavy atom. The molecule has 0 bridgehead atoms. The number of aryl methyl sites for hydroxylation is 2. The molecule has 3 aromatic rings. The molecule has 0 unspecified atom stereocenters. The van der Waals surface area contributed by atoms with Crippen LogP contribution < -0.4 is 0 Å². The van der Waals surface area contributed by atoms with Crippen molar-refractivity contribution in [3.05, 3.63) is 46.1 Å². The molecule has 124 valence electrons. The third-order valence-electron chi connectivity index (χ3n) is 4.51. The zero-order valence-corrected chi connectivity index (χ0v) is 14.7. The van der Waals surface area contributed by atoms with Gasteiger partial charge < -0.3 is 4.98 Å². The van der Waals surface area contributed by atoms with Crippen molar-refractivity contribution >= 4 is 11.3 Å². The number of hydrogen-bond donors (Lipinski definition) is 1. The van der Waals surface area contributed by atoms with Crippen molar-refractivity contribution in [1.29, 1.82) is 0 Å². The fourth-order valence-corrected chi connectivity index (χ4v) is 3.99. The van der Waals surface area contributed by atoms with Crippen LogP contribution in [-0.2, 0) is 6.54 Å². The third-order valence-corrected chi connectivity index (χ3v) is 5.43.